The summed E-state index contributed by atoms with van der Waals surface area (Å²) < 4.78 is 22.6. The fourth-order valence-corrected chi connectivity index (χ4v) is 4.01. The van der Waals surface area contributed by atoms with Gasteiger partial charge in [0.1, 0.15) is 0 Å². The van der Waals surface area contributed by atoms with E-state index in [0.29, 0.717) is 23.7 Å². The summed E-state index contributed by atoms with van der Waals surface area (Å²) in [7, 11) is -2.88. The number of hydrogen-bond acceptors (Lipinski definition) is 4. The van der Waals surface area contributed by atoms with Crippen molar-refractivity contribution >= 4 is 33.0 Å². The van der Waals surface area contributed by atoms with E-state index in [9.17, 15) is 13.2 Å². The van der Waals surface area contributed by atoms with Crippen molar-refractivity contribution in [1.82, 2.24) is 5.32 Å². The number of hydrogen-bond donors (Lipinski definition) is 2. The van der Waals surface area contributed by atoms with E-state index in [1.807, 2.05) is 0 Å². The molecule has 5 nitrogen and oxygen atoms in total. The van der Waals surface area contributed by atoms with Gasteiger partial charge in [-0.2, -0.15) is 0 Å². The molecular formula is C13H17ClN2O3S. The highest BCUT2D eigenvalue weighted by atomic mass is 35.5. The topological polar surface area (TPSA) is 75.3 Å². The molecule has 0 aliphatic carbocycles. The second-order valence-corrected chi connectivity index (χ2v) is 7.47. The number of anilines is 1. The first-order valence-electron chi connectivity index (χ1n) is 6.44. The van der Waals surface area contributed by atoms with Gasteiger partial charge in [-0.25, -0.2) is 8.42 Å². The van der Waals surface area contributed by atoms with Gasteiger partial charge in [-0.1, -0.05) is 23.7 Å². The maximum absolute atomic E-state index is 11.7. The molecule has 1 saturated heterocycles. The SMILES string of the molecule is O=C(CCNC1CCS(=O)(=O)C1)Nc1ccccc1Cl. The van der Waals surface area contributed by atoms with Crippen molar-refractivity contribution < 1.29 is 13.2 Å². The van der Waals surface area contributed by atoms with Crippen LogP contribution in [-0.2, 0) is 14.6 Å². The molecule has 2 rings (SSSR count). The Kier molecular flexibility index (Phi) is 5.01. The summed E-state index contributed by atoms with van der Waals surface area (Å²) in [6.07, 6.45) is 0.899. The minimum Gasteiger partial charge on any atom is -0.325 e. The number of para-hydroxylation sites is 1. The third-order valence-corrected chi connectivity index (χ3v) is 5.26. The molecule has 0 saturated carbocycles. The van der Waals surface area contributed by atoms with Gasteiger partial charge in [-0.15, -0.1) is 0 Å². The molecule has 20 heavy (non-hydrogen) atoms. The molecule has 1 amide bonds. The van der Waals surface area contributed by atoms with Crippen molar-refractivity contribution in [3.05, 3.63) is 29.3 Å². The lowest BCUT2D eigenvalue weighted by Gasteiger charge is -2.11. The highest BCUT2D eigenvalue weighted by molar-refractivity contribution is 7.91. The zero-order valence-electron chi connectivity index (χ0n) is 10.9. The van der Waals surface area contributed by atoms with Gasteiger partial charge in [0.2, 0.25) is 5.91 Å². The van der Waals surface area contributed by atoms with Crippen molar-refractivity contribution in [3.63, 3.8) is 0 Å². The van der Waals surface area contributed by atoms with Crippen molar-refractivity contribution in [2.75, 3.05) is 23.4 Å². The van der Waals surface area contributed by atoms with Gasteiger partial charge in [0.05, 0.1) is 22.2 Å². The van der Waals surface area contributed by atoms with Crippen LogP contribution in [0.3, 0.4) is 0 Å². The minimum absolute atomic E-state index is 0.0342. The van der Waals surface area contributed by atoms with Crippen LogP contribution in [0.2, 0.25) is 5.02 Å². The average Bonchev–Trinajstić information content (AvgIpc) is 2.72. The van der Waals surface area contributed by atoms with Gasteiger partial charge in [-0.3, -0.25) is 4.79 Å². The van der Waals surface area contributed by atoms with E-state index in [1.54, 1.807) is 24.3 Å². The zero-order valence-corrected chi connectivity index (χ0v) is 12.5. The normalized spacial score (nSPS) is 20.8. The monoisotopic (exact) mass is 316 g/mol. The number of nitrogens with one attached hydrogen (secondary N) is 2. The molecule has 0 aromatic heterocycles. The van der Waals surface area contributed by atoms with E-state index in [-0.39, 0.29) is 29.9 Å². The van der Waals surface area contributed by atoms with Gasteiger partial charge in [-0.05, 0) is 18.6 Å². The van der Waals surface area contributed by atoms with E-state index >= 15 is 0 Å². The third kappa shape index (κ3) is 4.47. The number of carbonyl (C=O) groups is 1. The molecule has 1 aliphatic rings. The summed E-state index contributed by atoms with van der Waals surface area (Å²) >= 11 is 5.94. The fourth-order valence-electron chi connectivity index (χ4n) is 2.12. The summed E-state index contributed by atoms with van der Waals surface area (Å²) in [4.78, 5) is 11.7. The van der Waals surface area contributed by atoms with E-state index in [2.05, 4.69) is 10.6 Å². The van der Waals surface area contributed by atoms with Crippen LogP contribution in [0.5, 0.6) is 0 Å². The highest BCUT2D eigenvalue weighted by Crippen LogP contribution is 2.20. The first-order chi connectivity index (χ1) is 9.46. The lowest BCUT2D eigenvalue weighted by Crippen LogP contribution is -2.32. The minimum atomic E-state index is -2.88. The molecule has 0 spiro atoms. The summed E-state index contributed by atoms with van der Waals surface area (Å²) in [6, 6.07) is 6.99. The Bertz CT molecular complexity index is 589. The van der Waals surface area contributed by atoms with Crippen molar-refractivity contribution in [2.45, 2.75) is 18.9 Å². The molecule has 0 radical (unpaired) electrons. The first kappa shape index (κ1) is 15.3. The molecule has 110 valence electrons. The molecule has 2 N–H and O–H groups in total. The summed E-state index contributed by atoms with van der Waals surface area (Å²) in [5, 5.41) is 6.31. The van der Waals surface area contributed by atoms with Crippen LogP contribution in [0.15, 0.2) is 24.3 Å². The second-order valence-electron chi connectivity index (χ2n) is 4.83. The van der Waals surface area contributed by atoms with Gasteiger partial charge >= 0.3 is 0 Å². The van der Waals surface area contributed by atoms with Crippen LogP contribution in [-0.4, -0.2) is 38.4 Å². The summed E-state index contributed by atoms with van der Waals surface area (Å²) in [6.45, 7) is 0.455. The Balaban J connectivity index is 1.72. The summed E-state index contributed by atoms with van der Waals surface area (Å²) in [5.41, 5.74) is 0.586. The Morgan fingerprint density at radius 1 is 1.35 bits per heavy atom. The van der Waals surface area contributed by atoms with Crippen LogP contribution in [0.4, 0.5) is 5.69 Å². The van der Waals surface area contributed by atoms with Gasteiger partial charge in [0.25, 0.3) is 0 Å². The number of sulfone groups is 1. The Labute approximate surface area is 123 Å². The second kappa shape index (κ2) is 6.56. The van der Waals surface area contributed by atoms with Gasteiger partial charge < -0.3 is 10.6 Å². The Morgan fingerprint density at radius 2 is 2.10 bits per heavy atom. The van der Waals surface area contributed by atoms with Crippen LogP contribution in [0.1, 0.15) is 12.8 Å². The average molecular weight is 317 g/mol. The maximum atomic E-state index is 11.7. The molecule has 1 aromatic rings. The fraction of sp³-hybridized carbons (Fsp3) is 0.462. The molecule has 1 unspecified atom stereocenters. The highest BCUT2D eigenvalue weighted by Gasteiger charge is 2.27. The third-order valence-electron chi connectivity index (χ3n) is 3.17. The predicted molar refractivity (Wildman–Crippen MR) is 79.8 cm³/mol. The molecule has 1 aliphatic heterocycles. The van der Waals surface area contributed by atoms with E-state index in [0.717, 1.165) is 0 Å². The Hall–Kier alpha value is -1.11. The van der Waals surface area contributed by atoms with E-state index in [1.165, 1.54) is 0 Å². The smallest absolute Gasteiger partial charge is 0.225 e. The maximum Gasteiger partial charge on any atom is 0.225 e. The molecule has 1 aromatic carbocycles. The van der Waals surface area contributed by atoms with E-state index in [4.69, 9.17) is 11.6 Å². The van der Waals surface area contributed by atoms with Crippen LogP contribution in [0.25, 0.3) is 0 Å². The number of amides is 1. The molecule has 1 atom stereocenters. The van der Waals surface area contributed by atoms with Crippen LogP contribution in [0, 0.1) is 0 Å². The van der Waals surface area contributed by atoms with Gasteiger partial charge in [0.15, 0.2) is 9.84 Å². The van der Waals surface area contributed by atoms with Crippen molar-refractivity contribution in [1.29, 1.82) is 0 Å². The Morgan fingerprint density at radius 3 is 2.75 bits per heavy atom. The standard InChI is InChI=1S/C13H17ClN2O3S/c14-11-3-1-2-4-12(11)16-13(17)5-7-15-10-6-8-20(18,19)9-10/h1-4,10,15H,5-9H2,(H,16,17). The summed E-state index contributed by atoms with van der Waals surface area (Å²) in [5.74, 6) is 0.252. The van der Waals surface area contributed by atoms with Gasteiger partial charge in [0, 0.05) is 19.0 Å². The number of carbonyl (C=O) groups excluding carboxylic acids is 1. The predicted octanol–water partition coefficient (Wildman–Crippen LogP) is 1.45. The van der Waals surface area contributed by atoms with Crippen LogP contribution < -0.4 is 10.6 Å². The van der Waals surface area contributed by atoms with E-state index < -0.39 is 9.84 Å². The number of halogens is 1. The molecule has 0 bridgehead atoms. The first-order valence-corrected chi connectivity index (χ1v) is 8.64. The number of rotatable bonds is 5. The zero-order chi connectivity index (χ0) is 14.6. The molecule has 7 heteroatoms. The van der Waals surface area contributed by atoms with Crippen molar-refractivity contribution in [3.8, 4) is 0 Å². The lowest BCUT2D eigenvalue weighted by molar-refractivity contribution is -0.116. The molecule has 1 fully saturated rings. The van der Waals surface area contributed by atoms with Crippen molar-refractivity contribution in [2.24, 2.45) is 0 Å². The quantitative estimate of drug-likeness (QED) is 0.862. The molecular weight excluding hydrogens is 300 g/mol. The largest absolute Gasteiger partial charge is 0.325 e. The van der Waals surface area contributed by atoms with Crippen LogP contribution >= 0.6 is 11.6 Å². The molecule has 1 heterocycles. The lowest BCUT2D eigenvalue weighted by atomic mass is 10.2. The number of benzene rings is 1.